The van der Waals surface area contributed by atoms with Gasteiger partial charge in [-0.2, -0.15) is 0 Å². The summed E-state index contributed by atoms with van der Waals surface area (Å²) in [6.07, 6.45) is 2.16. The molecule has 0 aliphatic carbocycles. The van der Waals surface area contributed by atoms with Crippen molar-refractivity contribution in [3.63, 3.8) is 0 Å². The maximum absolute atomic E-state index is 13.2. The highest BCUT2D eigenvalue weighted by Crippen LogP contribution is 2.14. The van der Waals surface area contributed by atoms with Crippen molar-refractivity contribution in [1.82, 2.24) is 19.8 Å². The van der Waals surface area contributed by atoms with E-state index in [2.05, 4.69) is 9.97 Å². The number of nitrogens with one attached hydrogen (secondary N) is 1. The van der Waals surface area contributed by atoms with Gasteiger partial charge in [-0.15, -0.1) is 0 Å². The van der Waals surface area contributed by atoms with Gasteiger partial charge in [0.2, 0.25) is 5.91 Å². The standard InChI is InChI=1S/C20H21FN4O4/c21-14-4-5-15-16(11-14)23-18(22-15)12-28-13-19(26)24-6-2-7-25(9-8-24)20(27)17-3-1-10-29-17/h1,3-5,10-11H,2,6-9,12-13H2,(H,22,23). The summed E-state index contributed by atoms with van der Waals surface area (Å²) in [6, 6.07) is 7.61. The van der Waals surface area contributed by atoms with Crippen LogP contribution in [0.15, 0.2) is 41.0 Å². The van der Waals surface area contributed by atoms with Crippen LogP contribution in [0.25, 0.3) is 11.0 Å². The summed E-state index contributed by atoms with van der Waals surface area (Å²) in [5, 5.41) is 0. The molecule has 1 aliphatic rings. The minimum atomic E-state index is -0.343. The summed E-state index contributed by atoms with van der Waals surface area (Å²) in [5.41, 5.74) is 1.23. The normalized spacial score (nSPS) is 14.9. The molecule has 0 atom stereocenters. The molecule has 152 valence electrons. The lowest BCUT2D eigenvalue weighted by Gasteiger charge is -2.21. The van der Waals surface area contributed by atoms with Crippen LogP contribution in [0.1, 0.15) is 22.8 Å². The number of hydrogen-bond donors (Lipinski definition) is 1. The number of amides is 2. The number of hydrogen-bond acceptors (Lipinski definition) is 5. The summed E-state index contributed by atoms with van der Waals surface area (Å²) < 4.78 is 23.9. The predicted octanol–water partition coefficient (Wildman–Crippen LogP) is 2.19. The molecule has 0 saturated carbocycles. The molecule has 2 amide bonds. The molecule has 0 radical (unpaired) electrons. The number of rotatable bonds is 5. The molecule has 3 aromatic rings. The first-order valence-corrected chi connectivity index (χ1v) is 9.42. The zero-order valence-electron chi connectivity index (χ0n) is 15.8. The number of furan rings is 1. The van der Waals surface area contributed by atoms with Crippen molar-refractivity contribution < 1.29 is 23.1 Å². The van der Waals surface area contributed by atoms with Crippen molar-refractivity contribution in [3.8, 4) is 0 Å². The van der Waals surface area contributed by atoms with Gasteiger partial charge in [-0.3, -0.25) is 9.59 Å². The van der Waals surface area contributed by atoms with E-state index in [1.165, 1.54) is 18.4 Å². The maximum atomic E-state index is 13.2. The van der Waals surface area contributed by atoms with Crippen LogP contribution in [0.4, 0.5) is 4.39 Å². The van der Waals surface area contributed by atoms with Gasteiger partial charge in [0.1, 0.15) is 24.9 Å². The largest absolute Gasteiger partial charge is 0.459 e. The van der Waals surface area contributed by atoms with E-state index in [9.17, 15) is 14.0 Å². The molecule has 3 heterocycles. The fourth-order valence-corrected chi connectivity index (χ4v) is 3.36. The van der Waals surface area contributed by atoms with Crippen molar-refractivity contribution in [1.29, 1.82) is 0 Å². The quantitative estimate of drug-likeness (QED) is 0.709. The van der Waals surface area contributed by atoms with Gasteiger partial charge in [0, 0.05) is 26.2 Å². The highest BCUT2D eigenvalue weighted by atomic mass is 19.1. The first-order chi connectivity index (χ1) is 14.1. The molecule has 0 spiro atoms. The predicted molar refractivity (Wildman–Crippen MR) is 102 cm³/mol. The lowest BCUT2D eigenvalue weighted by Crippen LogP contribution is -2.38. The molecular formula is C20H21FN4O4. The molecule has 1 aromatic carbocycles. The highest BCUT2D eigenvalue weighted by Gasteiger charge is 2.24. The van der Waals surface area contributed by atoms with Crippen molar-refractivity contribution in [2.75, 3.05) is 32.8 Å². The second-order valence-corrected chi connectivity index (χ2v) is 6.84. The molecule has 9 heteroatoms. The van der Waals surface area contributed by atoms with Crippen LogP contribution < -0.4 is 0 Å². The number of carbonyl (C=O) groups is 2. The number of fused-ring (bicyclic) bond motifs is 1. The van der Waals surface area contributed by atoms with Gasteiger partial charge in [0.25, 0.3) is 5.91 Å². The van der Waals surface area contributed by atoms with E-state index in [-0.39, 0.29) is 30.8 Å². The third-order valence-corrected chi connectivity index (χ3v) is 4.83. The molecule has 4 rings (SSSR count). The second-order valence-electron chi connectivity index (χ2n) is 6.84. The molecule has 1 fully saturated rings. The molecular weight excluding hydrogens is 379 g/mol. The first kappa shape index (κ1) is 19.1. The molecule has 0 unspecified atom stereocenters. The Bertz CT molecular complexity index is 1000. The summed E-state index contributed by atoms with van der Waals surface area (Å²) in [4.78, 5) is 35.5. The smallest absolute Gasteiger partial charge is 0.289 e. The van der Waals surface area contributed by atoms with Crippen LogP contribution in [-0.2, 0) is 16.1 Å². The Hall–Kier alpha value is -3.20. The minimum absolute atomic E-state index is 0.0858. The Morgan fingerprint density at radius 2 is 2.00 bits per heavy atom. The van der Waals surface area contributed by atoms with E-state index in [1.54, 1.807) is 28.0 Å². The summed E-state index contributed by atoms with van der Waals surface area (Å²) in [5.74, 6) is 0.189. The van der Waals surface area contributed by atoms with Crippen LogP contribution in [-0.4, -0.2) is 64.4 Å². The number of H-pyrrole nitrogens is 1. The molecule has 29 heavy (non-hydrogen) atoms. The topological polar surface area (TPSA) is 91.7 Å². The van der Waals surface area contributed by atoms with Gasteiger partial charge in [-0.25, -0.2) is 9.37 Å². The van der Waals surface area contributed by atoms with Crippen molar-refractivity contribution in [2.24, 2.45) is 0 Å². The lowest BCUT2D eigenvalue weighted by atomic mass is 10.3. The molecule has 0 bridgehead atoms. The number of benzene rings is 1. The van der Waals surface area contributed by atoms with E-state index >= 15 is 0 Å². The van der Waals surface area contributed by atoms with E-state index in [0.717, 1.165) is 0 Å². The second kappa shape index (κ2) is 8.44. The van der Waals surface area contributed by atoms with E-state index in [1.807, 2.05) is 0 Å². The SMILES string of the molecule is O=C(COCc1nc2ccc(F)cc2[nH]1)N1CCCN(C(=O)c2ccco2)CC1. The Morgan fingerprint density at radius 3 is 2.83 bits per heavy atom. The average Bonchev–Trinajstić information content (AvgIpc) is 3.31. The number of imidazole rings is 1. The summed E-state index contributed by atoms with van der Waals surface area (Å²) in [6.45, 7) is 2.06. The van der Waals surface area contributed by atoms with Gasteiger partial charge in [0.15, 0.2) is 5.76 Å². The Balaban J connectivity index is 1.26. The Kier molecular flexibility index (Phi) is 5.57. The van der Waals surface area contributed by atoms with Gasteiger partial charge in [0.05, 0.1) is 17.3 Å². The van der Waals surface area contributed by atoms with Gasteiger partial charge < -0.3 is 23.9 Å². The number of aromatic amines is 1. The van der Waals surface area contributed by atoms with E-state index in [4.69, 9.17) is 9.15 Å². The molecule has 8 nitrogen and oxygen atoms in total. The Labute approximate surface area is 166 Å². The van der Waals surface area contributed by atoms with E-state index < -0.39 is 0 Å². The van der Waals surface area contributed by atoms with Crippen LogP contribution >= 0.6 is 0 Å². The van der Waals surface area contributed by atoms with Gasteiger partial charge >= 0.3 is 0 Å². The third-order valence-electron chi connectivity index (χ3n) is 4.83. The first-order valence-electron chi connectivity index (χ1n) is 9.42. The van der Waals surface area contributed by atoms with Crippen LogP contribution in [0, 0.1) is 5.82 Å². The maximum Gasteiger partial charge on any atom is 0.289 e. The number of ether oxygens (including phenoxy) is 1. The fraction of sp³-hybridized carbons (Fsp3) is 0.350. The number of nitrogens with zero attached hydrogens (tertiary/aromatic N) is 3. The van der Waals surface area contributed by atoms with Gasteiger partial charge in [-0.05, 0) is 36.8 Å². The highest BCUT2D eigenvalue weighted by molar-refractivity contribution is 5.91. The lowest BCUT2D eigenvalue weighted by molar-refractivity contribution is -0.136. The fourth-order valence-electron chi connectivity index (χ4n) is 3.36. The van der Waals surface area contributed by atoms with Crippen LogP contribution in [0.2, 0.25) is 0 Å². The average molecular weight is 400 g/mol. The molecule has 1 aliphatic heterocycles. The Morgan fingerprint density at radius 1 is 1.17 bits per heavy atom. The number of carbonyl (C=O) groups excluding carboxylic acids is 2. The number of halogens is 1. The van der Waals surface area contributed by atoms with Crippen LogP contribution in [0.5, 0.6) is 0 Å². The molecule has 1 saturated heterocycles. The zero-order chi connectivity index (χ0) is 20.2. The van der Waals surface area contributed by atoms with Crippen molar-refractivity contribution >= 4 is 22.8 Å². The molecule has 1 N–H and O–H groups in total. The summed E-state index contributed by atoms with van der Waals surface area (Å²) >= 11 is 0. The van der Waals surface area contributed by atoms with Crippen LogP contribution in [0.3, 0.4) is 0 Å². The van der Waals surface area contributed by atoms with Crippen molar-refractivity contribution in [3.05, 3.63) is 54.0 Å². The monoisotopic (exact) mass is 400 g/mol. The van der Waals surface area contributed by atoms with Gasteiger partial charge in [-0.1, -0.05) is 0 Å². The molecule has 2 aromatic heterocycles. The minimum Gasteiger partial charge on any atom is -0.459 e. The number of aromatic nitrogens is 2. The zero-order valence-corrected chi connectivity index (χ0v) is 15.8. The van der Waals surface area contributed by atoms with Crippen molar-refractivity contribution in [2.45, 2.75) is 13.0 Å². The van der Waals surface area contributed by atoms with E-state index in [0.29, 0.717) is 55.2 Å². The third kappa shape index (κ3) is 4.45. The summed E-state index contributed by atoms with van der Waals surface area (Å²) in [7, 11) is 0.